The second-order valence-corrected chi connectivity index (χ2v) is 6.29. The van der Waals surface area contributed by atoms with Crippen molar-refractivity contribution in [2.24, 2.45) is 5.92 Å². The molecular weight excluding hydrogens is 321 g/mol. The van der Waals surface area contributed by atoms with Crippen molar-refractivity contribution in [2.75, 3.05) is 17.2 Å². The number of amides is 3. The highest BCUT2D eigenvalue weighted by atomic mass is 19.1. The summed E-state index contributed by atoms with van der Waals surface area (Å²) in [6.45, 7) is 4.06. The van der Waals surface area contributed by atoms with E-state index in [2.05, 4.69) is 17.6 Å². The predicted molar refractivity (Wildman–Crippen MR) is 94.8 cm³/mol. The maximum Gasteiger partial charge on any atom is 0.322 e. The van der Waals surface area contributed by atoms with E-state index >= 15 is 0 Å². The minimum Gasteiger partial charge on any atom is -0.326 e. The second-order valence-electron chi connectivity index (χ2n) is 6.29. The number of hydrogen-bond donors (Lipinski definition) is 2. The molecule has 0 aromatic heterocycles. The molecule has 1 saturated heterocycles. The van der Waals surface area contributed by atoms with Crippen LogP contribution in [-0.4, -0.2) is 23.4 Å². The van der Waals surface area contributed by atoms with Crippen molar-refractivity contribution in [3.05, 3.63) is 59.9 Å². The van der Waals surface area contributed by atoms with Crippen LogP contribution in [0.1, 0.15) is 25.5 Å². The molecule has 0 radical (unpaired) electrons. The molecule has 1 aliphatic heterocycles. The Morgan fingerprint density at radius 3 is 2.48 bits per heavy atom. The summed E-state index contributed by atoms with van der Waals surface area (Å²) in [5, 5.41) is 5.18. The van der Waals surface area contributed by atoms with Gasteiger partial charge in [-0.05, 0) is 29.7 Å². The summed E-state index contributed by atoms with van der Waals surface area (Å²) in [5.74, 6) is -0.472. The van der Waals surface area contributed by atoms with Crippen LogP contribution in [0.2, 0.25) is 0 Å². The Morgan fingerprint density at radius 2 is 1.84 bits per heavy atom. The van der Waals surface area contributed by atoms with E-state index in [-0.39, 0.29) is 23.7 Å². The van der Waals surface area contributed by atoms with Gasteiger partial charge in [-0.1, -0.05) is 37.3 Å². The Hall–Kier alpha value is -2.89. The first kappa shape index (κ1) is 17.0. The SMILES string of the molecule is CC(=O)Nc1ccc(F)c(NC(=O)N2C[C@@H](C)[C@@H]2c2ccccc2)c1. The van der Waals surface area contributed by atoms with Crippen molar-refractivity contribution in [1.82, 2.24) is 4.90 Å². The van der Waals surface area contributed by atoms with Crippen LogP contribution in [0.5, 0.6) is 0 Å². The summed E-state index contributed by atoms with van der Waals surface area (Å²) in [6, 6.07) is 13.5. The molecule has 0 unspecified atom stereocenters. The summed E-state index contributed by atoms with van der Waals surface area (Å²) in [7, 11) is 0. The highest BCUT2D eigenvalue weighted by Gasteiger charge is 2.40. The van der Waals surface area contributed by atoms with Gasteiger partial charge in [0.05, 0.1) is 11.7 Å². The lowest BCUT2D eigenvalue weighted by Crippen LogP contribution is -2.53. The Kier molecular flexibility index (Phi) is 4.70. The monoisotopic (exact) mass is 341 g/mol. The first-order valence-corrected chi connectivity index (χ1v) is 8.15. The molecule has 1 aliphatic rings. The van der Waals surface area contributed by atoms with Crippen LogP contribution in [0.15, 0.2) is 48.5 Å². The van der Waals surface area contributed by atoms with Gasteiger partial charge >= 0.3 is 6.03 Å². The van der Waals surface area contributed by atoms with Gasteiger partial charge < -0.3 is 15.5 Å². The van der Waals surface area contributed by atoms with Crippen molar-refractivity contribution in [3.8, 4) is 0 Å². The quantitative estimate of drug-likeness (QED) is 0.886. The molecule has 0 aliphatic carbocycles. The molecule has 0 saturated carbocycles. The van der Waals surface area contributed by atoms with Crippen molar-refractivity contribution >= 4 is 23.3 Å². The Labute approximate surface area is 145 Å². The summed E-state index contributed by atoms with van der Waals surface area (Å²) in [5.41, 5.74) is 1.53. The Morgan fingerprint density at radius 1 is 1.12 bits per heavy atom. The maximum absolute atomic E-state index is 14.0. The molecule has 0 spiro atoms. The number of hydrogen-bond acceptors (Lipinski definition) is 2. The summed E-state index contributed by atoms with van der Waals surface area (Å²) in [6.07, 6.45) is 0. The van der Waals surface area contributed by atoms with Crippen LogP contribution in [0, 0.1) is 11.7 Å². The van der Waals surface area contributed by atoms with Crippen LogP contribution in [0.3, 0.4) is 0 Å². The minimum atomic E-state index is -0.549. The van der Waals surface area contributed by atoms with Gasteiger partial charge in [-0.2, -0.15) is 0 Å². The number of carbonyl (C=O) groups is 2. The third-order valence-electron chi connectivity index (χ3n) is 4.29. The molecule has 2 aromatic rings. The van der Waals surface area contributed by atoms with Crippen LogP contribution in [-0.2, 0) is 4.79 Å². The molecule has 1 heterocycles. The molecule has 3 rings (SSSR count). The standard InChI is InChI=1S/C19H20FN3O2/c1-12-11-23(18(12)14-6-4-3-5-7-14)19(25)22-17-10-15(21-13(2)24)8-9-16(17)20/h3-10,12,18H,11H2,1-2H3,(H,21,24)(H,22,25)/t12-,18-/m1/s1. The molecule has 0 bridgehead atoms. The Balaban J connectivity index is 1.75. The zero-order chi connectivity index (χ0) is 18.0. The fourth-order valence-corrected chi connectivity index (χ4v) is 3.15. The zero-order valence-corrected chi connectivity index (χ0v) is 14.1. The first-order chi connectivity index (χ1) is 12.0. The minimum absolute atomic E-state index is 0.0252. The summed E-state index contributed by atoms with van der Waals surface area (Å²) >= 11 is 0. The van der Waals surface area contributed by atoms with Gasteiger partial charge in [0.2, 0.25) is 5.91 Å². The van der Waals surface area contributed by atoms with E-state index in [0.29, 0.717) is 18.2 Å². The summed E-state index contributed by atoms with van der Waals surface area (Å²) < 4.78 is 14.0. The van der Waals surface area contributed by atoms with E-state index in [4.69, 9.17) is 0 Å². The van der Waals surface area contributed by atoms with E-state index < -0.39 is 5.82 Å². The average molecular weight is 341 g/mol. The van der Waals surface area contributed by atoms with Crippen LogP contribution >= 0.6 is 0 Å². The number of benzene rings is 2. The Bertz CT molecular complexity index is 795. The molecule has 2 N–H and O–H groups in total. The molecular formula is C19H20FN3O2. The van der Waals surface area contributed by atoms with Crippen molar-refractivity contribution in [2.45, 2.75) is 19.9 Å². The number of carbonyl (C=O) groups excluding carboxylic acids is 2. The predicted octanol–water partition coefficient (Wildman–Crippen LogP) is 4.01. The number of urea groups is 1. The fraction of sp³-hybridized carbons (Fsp3) is 0.263. The van der Waals surface area contributed by atoms with Crippen molar-refractivity contribution in [1.29, 1.82) is 0 Å². The van der Waals surface area contributed by atoms with Crippen molar-refractivity contribution < 1.29 is 14.0 Å². The molecule has 25 heavy (non-hydrogen) atoms. The van der Waals surface area contributed by atoms with E-state index in [1.807, 2.05) is 30.3 Å². The van der Waals surface area contributed by atoms with Crippen LogP contribution in [0.25, 0.3) is 0 Å². The lowest BCUT2D eigenvalue weighted by atomic mass is 9.85. The van der Waals surface area contributed by atoms with E-state index in [9.17, 15) is 14.0 Å². The highest BCUT2D eigenvalue weighted by molar-refractivity contribution is 5.93. The maximum atomic E-state index is 14.0. The number of anilines is 2. The molecule has 2 atom stereocenters. The van der Waals surface area contributed by atoms with Crippen LogP contribution in [0.4, 0.5) is 20.6 Å². The number of halogens is 1. The largest absolute Gasteiger partial charge is 0.326 e. The highest BCUT2D eigenvalue weighted by Crippen LogP contribution is 2.38. The van der Waals surface area contributed by atoms with Gasteiger partial charge in [-0.15, -0.1) is 0 Å². The topological polar surface area (TPSA) is 61.4 Å². The zero-order valence-electron chi connectivity index (χ0n) is 14.1. The third-order valence-corrected chi connectivity index (χ3v) is 4.29. The van der Waals surface area contributed by atoms with Gasteiger partial charge in [0, 0.05) is 19.2 Å². The fourth-order valence-electron chi connectivity index (χ4n) is 3.15. The molecule has 6 heteroatoms. The molecule has 130 valence electrons. The number of rotatable bonds is 3. The lowest BCUT2D eigenvalue weighted by molar-refractivity contribution is -0.114. The van der Waals surface area contributed by atoms with Crippen molar-refractivity contribution in [3.63, 3.8) is 0 Å². The van der Waals surface area contributed by atoms with Gasteiger partial charge in [0.15, 0.2) is 0 Å². The second kappa shape index (κ2) is 6.93. The summed E-state index contributed by atoms with van der Waals surface area (Å²) in [4.78, 5) is 25.4. The normalized spacial score (nSPS) is 19.1. The number of likely N-dealkylation sites (tertiary alicyclic amines) is 1. The van der Waals surface area contributed by atoms with Gasteiger partial charge in [0.25, 0.3) is 0 Å². The average Bonchev–Trinajstić information content (AvgIpc) is 2.56. The smallest absolute Gasteiger partial charge is 0.322 e. The molecule has 5 nitrogen and oxygen atoms in total. The number of nitrogens with one attached hydrogen (secondary N) is 2. The van der Waals surface area contributed by atoms with Gasteiger partial charge in [-0.25, -0.2) is 9.18 Å². The lowest BCUT2D eigenvalue weighted by Gasteiger charge is -2.46. The van der Waals surface area contributed by atoms with E-state index in [0.717, 1.165) is 5.56 Å². The number of nitrogens with zero attached hydrogens (tertiary/aromatic N) is 1. The van der Waals surface area contributed by atoms with Crippen LogP contribution < -0.4 is 10.6 Å². The molecule has 3 amide bonds. The molecule has 1 fully saturated rings. The molecule has 2 aromatic carbocycles. The van der Waals surface area contributed by atoms with Gasteiger partial charge in [-0.3, -0.25) is 4.79 Å². The van der Waals surface area contributed by atoms with E-state index in [1.54, 1.807) is 4.90 Å². The third kappa shape index (κ3) is 3.63. The first-order valence-electron chi connectivity index (χ1n) is 8.15. The van der Waals surface area contributed by atoms with Gasteiger partial charge in [0.1, 0.15) is 5.82 Å². The van der Waals surface area contributed by atoms with E-state index in [1.165, 1.54) is 25.1 Å².